The average Bonchev–Trinajstić information content (AvgIpc) is 2.97. The number of anilines is 1. The Kier molecular flexibility index (Phi) is 6.44. The van der Waals surface area contributed by atoms with E-state index in [1.807, 2.05) is 0 Å². The minimum absolute atomic E-state index is 0.117. The summed E-state index contributed by atoms with van der Waals surface area (Å²) in [5.41, 5.74) is -1.44. The highest BCUT2D eigenvalue weighted by atomic mass is 32.2. The van der Waals surface area contributed by atoms with E-state index in [0.717, 1.165) is 43.9 Å². The lowest BCUT2D eigenvalue weighted by Gasteiger charge is -2.20. The van der Waals surface area contributed by atoms with Crippen LogP contribution in [-0.2, 0) is 26.2 Å². The molecule has 1 aliphatic rings. The molecule has 1 aliphatic heterocycles. The van der Waals surface area contributed by atoms with E-state index in [4.69, 9.17) is 0 Å². The fourth-order valence-electron chi connectivity index (χ4n) is 3.30. The zero-order valence-electron chi connectivity index (χ0n) is 15.9. The lowest BCUT2D eigenvalue weighted by molar-refractivity contribution is -0.139. The highest BCUT2D eigenvalue weighted by Gasteiger charge is 2.37. The molecule has 0 spiro atoms. The zero-order chi connectivity index (χ0) is 22.0. The molecular weight excluding hydrogens is 441 g/mol. The fourth-order valence-corrected chi connectivity index (χ4v) is 6.14. The standard InChI is InChI=1S/C19H21F3N2O4S2/c20-19(21,22)17-10-3-4-11-18(17)29(25,26)23-15-8-7-9-16(14-15)30(27,28)24-12-5-1-2-6-13-24/h3-4,7-11,14,23H,1-2,5-6,12-13H2. The normalized spacial score (nSPS) is 16.8. The molecule has 1 heterocycles. The van der Waals surface area contributed by atoms with Crippen molar-refractivity contribution >= 4 is 25.7 Å². The number of rotatable bonds is 5. The van der Waals surface area contributed by atoms with Gasteiger partial charge >= 0.3 is 6.18 Å². The second-order valence-corrected chi connectivity index (χ2v) is 10.5. The van der Waals surface area contributed by atoms with Crippen LogP contribution in [0.15, 0.2) is 58.3 Å². The number of benzene rings is 2. The van der Waals surface area contributed by atoms with Gasteiger partial charge in [-0.15, -0.1) is 0 Å². The largest absolute Gasteiger partial charge is 0.417 e. The van der Waals surface area contributed by atoms with Crippen molar-refractivity contribution in [3.05, 3.63) is 54.1 Å². The third-order valence-corrected chi connectivity index (χ3v) is 8.11. The molecule has 0 aromatic heterocycles. The summed E-state index contributed by atoms with van der Waals surface area (Å²) < 4.78 is 94.1. The highest BCUT2D eigenvalue weighted by molar-refractivity contribution is 7.92. The number of nitrogens with zero attached hydrogens (tertiary/aromatic N) is 1. The van der Waals surface area contributed by atoms with Gasteiger partial charge in [0, 0.05) is 13.1 Å². The monoisotopic (exact) mass is 462 g/mol. The quantitative estimate of drug-likeness (QED) is 0.726. The Morgan fingerprint density at radius 2 is 1.47 bits per heavy atom. The van der Waals surface area contributed by atoms with Crippen molar-refractivity contribution in [1.82, 2.24) is 4.31 Å². The summed E-state index contributed by atoms with van der Waals surface area (Å²) in [5, 5.41) is 0. The van der Waals surface area contributed by atoms with E-state index >= 15 is 0 Å². The number of hydrogen-bond donors (Lipinski definition) is 1. The average molecular weight is 463 g/mol. The smallest absolute Gasteiger partial charge is 0.280 e. The minimum atomic E-state index is -4.86. The second kappa shape index (κ2) is 8.56. The van der Waals surface area contributed by atoms with E-state index in [0.29, 0.717) is 19.2 Å². The molecule has 6 nitrogen and oxygen atoms in total. The maximum atomic E-state index is 13.2. The molecule has 0 atom stereocenters. The van der Waals surface area contributed by atoms with Gasteiger partial charge in [-0.2, -0.15) is 17.5 Å². The molecule has 2 aromatic carbocycles. The molecule has 0 saturated carbocycles. The Bertz CT molecular complexity index is 1110. The van der Waals surface area contributed by atoms with Crippen LogP contribution in [0.5, 0.6) is 0 Å². The van der Waals surface area contributed by atoms with E-state index in [2.05, 4.69) is 4.72 Å². The summed E-state index contributed by atoms with van der Waals surface area (Å²) in [6.07, 6.45) is -1.52. The predicted octanol–water partition coefficient (Wildman–Crippen LogP) is 4.07. The van der Waals surface area contributed by atoms with E-state index < -0.39 is 36.7 Å². The van der Waals surface area contributed by atoms with E-state index in [9.17, 15) is 30.0 Å². The number of sulfonamides is 2. The Balaban J connectivity index is 1.92. The highest BCUT2D eigenvalue weighted by Crippen LogP contribution is 2.34. The SMILES string of the molecule is O=S(=O)(Nc1cccc(S(=O)(=O)N2CCCCCC2)c1)c1ccccc1C(F)(F)F. The first-order chi connectivity index (χ1) is 14.0. The first-order valence-corrected chi connectivity index (χ1v) is 12.2. The van der Waals surface area contributed by atoms with Gasteiger partial charge in [0.05, 0.1) is 21.0 Å². The van der Waals surface area contributed by atoms with Gasteiger partial charge < -0.3 is 0 Å². The Hall–Kier alpha value is -2.11. The topological polar surface area (TPSA) is 83.5 Å². The van der Waals surface area contributed by atoms with E-state index in [-0.39, 0.29) is 10.6 Å². The lowest BCUT2D eigenvalue weighted by Crippen LogP contribution is -2.32. The van der Waals surface area contributed by atoms with Crippen molar-refractivity contribution in [2.75, 3.05) is 17.8 Å². The molecule has 0 aliphatic carbocycles. The van der Waals surface area contributed by atoms with Crippen molar-refractivity contribution in [2.24, 2.45) is 0 Å². The molecule has 2 aromatic rings. The summed E-state index contributed by atoms with van der Waals surface area (Å²) in [4.78, 5) is -1.05. The number of nitrogens with one attached hydrogen (secondary N) is 1. The maximum Gasteiger partial charge on any atom is 0.417 e. The summed E-state index contributed by atoms with van der Waals surface area (Å²) >= 11 is 0. The molecule has 0 amide bonds. The van der Waals surface area contributed by atoms with Crippen molar-refractivity contribution in [2.45, 2.75) is 41.7 Å². The van der Waals surface area contributed by atoms with Gasteiger partial charge in [-0.25, -0.2) is 16.8 Å². The third-order valence-electron chi connectivity index (χ3n) is 4.77. The Labute approximate surface area is 173 Å². The van der Waals surface area contributed by atoms with Crippen molar-refractivity contribution in [1.29, 1.82) is 0 Å². The first-order valence-electron chi connectivity index (χ1n) is 9.31. The van der Waals surface area contributed by atoms with Crippen LogP contribution in [0.3, 0.4) is 0 Å². The lowest BCUT2D eigenvalue weighted by atomic mass is 10.2. The van der Waals surface area contributed by atoms with Crippen LogP contribution in [0.4, 0.5) is 18.9 Å². The molecule has 1 N–H and O–H groups in total. The number of alkyl halides is 3. The molecule has 0 radical (unpaired) electrons. The zero-order valence-corrected chi connectivity index (χ0v) is 17.5. The molecule has 3 rings (SSSR count). The molecule has 1 fully saturated rings. The van der Waals surface area contributed by atoms with Crippen molar-refractivity contribution in [3.63, 3.8) is 0 Å². The summed E-state index contributed by atoms with van der Waals surface area (Å²) in [6, 6.07) is 8.89. The van der Waals surface area contributed by atoms with Gasteiger partial charge in [-0.1, -0.05) is 31.0 Å². The summed E-state index contributed by atoms with van der Waals surface area (Å²) in [5.74, 6) is 0. The minimum Gasteiger partial charge on any atom is -0.280 e. The van der Waals surface area contributed by atoms with E-state index in [1.54, 1.807) is 0 Å². The number of hydrogen-bond acceptors (Lipinski definition) is 4. The van der Waals surface area contributed by atoms with Crippen LogP contribution in [-0.4, -0.2) is 34.2 Å². The molecule has 164 valence electrons. The summed E-state index contributed by atoms with van der Waals surface area (Å²) in [6.45, 7) is 0.745. The number of halogens is 3. The second-order valence-electron chi connectivity index (χ2n) is 6.95. The van der Waals surface area contributed by atoms with Crippen LogP contribution in [0, 0.1) is 0 Å². The third kappa shape index (κ3) is 4.96. The Morgan fingerprint density at radius 3 is 2.10 bits per heavy atom. The molecule has 30 heavy (non-hydrogen) atoms. The van der Waals surface area contributed by atoms with Gasteiger partial charge in [0.15, 0.2) is 0 Å². The molecule has 11 heteroatoms. The van der Waals surface area contributed by atoms with Crippen LogP contribution in [0.2, 0.25) is 0 Å². The Morgan fingerprint density at radius 1 is 0.833 bits per heavy atom. The van der Waals surface area contributed by atoms with Crippen LogP contribution >= 0.6 is 0 Å². The van der Waals surface area contributed by atoms with Crippen LogP contribution in [0.1, 0.15) is 31.2 Å². The molecular formula is C19H21F3N2O4S2. The van der Waals surface area contributed by atoms with E-state index in [1.165, 1.54) is 28.6 Å². The van der Waals surface area contributed by atoms with Crippen LogP contribution in [0.25, 0.3) is 0 Å². The van der Waals surface area contributed by atoms with Gasteiger partial charge in [-0.05, 0) is 43.2 Å². The molecule has 1 saturated heterocycles. The molecule has 0 bridgehead atoms. The summed E-state index contributed by atoms with van der Waals surface area (Å²) in [7, 11) is -8.44. The van der Waals surface area contributed by atoms with Gasteiger partial charge in [0.2, 0.25) is 10.0 Å². The van der Waals surface area contributed by atoms with Crippen molar-refractivity contribution in [3.8, 4) is 0 Å². The van der Waals surface area contributed by atoms with Gasteiger partial charge in [0.1, 0.15) is 0 Å². The van der Waals surface area contributed by atoms with Gasteiger partial charge in [0.25, 0.3) is 10.0 Å². The van der Waals surface area contributed by atoms with Crippen LogP contribution < -0.4 is 4.72 Å². The first kappa shape index (κ1) is 22.6. The fraction of sp³-hybridized carbons (Fsp3) is 0.368. The van der Waals surface area contributed by atoms with Gasteiger partial charge in [-0.3, -0.25) is 4.72 Å². The predicted molar refractivity (Wildman–Crippen MR) is 106 cm³/mol. The maximum absolute atomic E-state index is 13.2. The molecule has 0 unspecified atom stereocenters. The van der Waals surface area contributed by atoms with Crippen molar-refractivity contribution < 1.29 is 30.0 Å².